The van der Waals surface area contributed by atoms with Crippen molar-refractivity contribution in [2.75, 3.05) is 39.8 Å². The van der Waals surface area contributed by atoms with Crippen LogP contribution < -0.4 is 5.32 Å². The molecule has 1 heterocycles. The van der Waals surface area contributed by atoms with E-state index in [1.54, 1.807) is 11.8 Å². The highest BCUT2D eigenvalue weighted by Crippen LogP contribution is 2.21. The van der Waals surface area contributed by atoms with Gasteiger partial charge < -0.3 is 20.2 Å². The van der Waals surface area contributed by atoms with Crippen molar-refractivity contribution in [2.24, 2.45) is 5.41 Å². The van der Waals surface area contributed by atoms with Gasteiger partial charge in [-0.3, -0.25) is 0 Å². The van der Waals surface area contributed by atoms with Gasteiger partial charge in [-0.05, 0) is 44.7 Å². The Morgan fingerprint density at radius 1 is 1.40 bits per heavy atom. The molecule has 0 aliphatic carbocycles. The first-order valence-corrected chi connectivity index (χ1v) is 7.69. The van der Waals surface area contributed by atoms with Gasteiger partial charge in [0.1, 0.15) is 0 Å². The van der Waals surface area contributed by atoms with Crippen molar-refractivity contribution < 1.29 is 9.90 Å². The van der Waals surface area contributed by atoms with Crippen molar-refractivity contribution >= 4 is 6.03 Å². The lowest BCUT2D eigenvalue weighted by Gasteiger charge is -2.28. The molecule has 1 aliphatic heterocycles. The summed E-state index contributed by atoms with van der Waals surface area (Å²) in [5.41, 5.74) is -0.0837. The minimum atomic E-state index is -0.338. The van der Waals surface area contributed by atoms with Crippen LogP contribution in [0.2, 0.25) is 0 Å². The van der Waals surface area contributed by atoms with Gasteiger partial charge in [-0.25, -0.2) is 4.79 Å². The fraction of sp³-hybridized carbons (Fsp3) is 0.933. The maximum Gasteiger partial charge on any atom is 0.317 e. The maximum absolute atomic E-state index is 12.0. The van der Waals surface area contributed by atoms with E-state index >= 15 is 0 Å². The van der Waals surface area contributed by atoms with Crippen LogP contribution in [0.5, 0.6) is 0 Å². The Balaban J connectivity index is 2.23. The summed E-state index contributed by atoms with van der Waals surface area (Å²) in [4.78, 5) is 16.2. The van der Waals surface area contributed by atoms with E-state index in [-0.39, 0.29) is 17.6 Å². The largest absolute Gasteiger partial charge is 0.393 e. The average molecular weight is 285 g/mol. The van der Waals surface area contributed by atoms with Gasteiger partial charge in [0, 0.05) is 26.7 Å². The van der Waals surface area contributed by atoms with Crippen LogP contribution >= 0.6 is 0 Å². The number of hydrogen-bond donors (Lipinski definition) is 2. The molecule has 1 saturated heterocycles. The third-order valence-corrected chi connectivity index (χ3v) is 3.86. The Kier molecular flexibility index (Phi) is 6.76. The van der Waals surface area contributed by atoms with Gasteiger partial charge in [-0.2, -0.15) is 0 Å². The Morgan fingerprint density at radius 3 is 2.55 bits per heavy atom. The Morgan fingerprint density at radius 2 is 2.00 bits per heavy atom. The van der Waals surface area contributed by atoms with Crippen LogP contribution in [0.15, 0.2) is 0 Å². The highest BCUT2D eigenvalue weighted by molar-refractivity contribution is 5.73. The molecule has 0 radical (unpaired) electrons. The number of urea groups is 1. The van der Waals surface area contributed by atoms with E-state index in [0.29, 0.717) is 13.0 Å². The van der Waals surface area contributed by atoms with Gasteiger partial charge in [-0.15, -0.1) is 0 Å². The molecule has 1 unspecified atom stereocenters. The van der Waals surface area contributed by atoms with Crippen LogP contribution in [0.1, 0.15) is 40.0 Å². The molecule has 0 aromatic rings. The van der Waals surface area contributed by atoms with E-state index in [0.717, 1.165) is 26.2 Å². The van der Waals surface area contributed by atoms with Crippen LogP contribution in [-0.2, 0) is 0 Å². The van der Waals surface area contributed by atoms with Crippen LogP contribution in [0.4, 0.5) is 4.79 Å². The molecule has 5 nitrogen and oxygen atoms in total. The molecule has 20 heavy (non-hydrogen) atoms. The monoisotopic (exact) mass is 285 g/mol. The van der Waals surface area contributed by atoms with Gasteiger partial charge in [-0.1, -0.05) is 13.8 Å². The van der Waals surface area contributed by atoms with Crippen molar-refractivity contribution in [3.63, 3.8) is 0 Å². The number of carbonyl (C=O) groups is 1. The molecule has 5 heteroatoms. The molecule has 0 bridgehead atoms. The first-order valence-electron chi connectivity index (χ1n) is 7.69. The number of carbonyl (C=O) groups excluding carboxylic acids is 1. The topological polar surface area (TPSA) is 55.8 Å². The molecule has 2 N–H and O–H groups in total. The first-order chi connectivity index (χ1) is 9.30. The minimum absolute atomic E-state index is 0.0251. The summed E-state index contributed by atoms with van der Waals surface area (Å²) in [6, 6.07) is -0.0251. The lowest BCUT2D eigenvalue weighted by molar-refractivity contribution is 0.127. The molecule has 1 atom stereocenters. The molecule has 0 aromatic carbocycles. The molecule has 0 spiro atoms. The molecule has 2 amide bonds. The molecular formula is C15H31N3O2. The van der Waals surface area contributed by atoms with Crippen molar-refractivity contribution in [1.82, 2.24) is 15.1 Å². The standard InChI is InChI=1S/C15H31N3O2/c1-13(19)11-15(2,3)12-16-14(20)17(4)9-10-18-7-5-6-8-18/h13,19H,5-12H2,1-4H3,(H,16,20). The van der Waals surface area contributed by atoms with Crippen molar-refractivity contribution in [3.05, 3.63) is 0 Å². The SMILES string of the molecule is CC(O)CC(C)(C)CNC(=O)N(C)CCN1CCCC1. The number of likely N-dealkylation sites (N-methyl/N-ethyl adjacent to an activating group) is 1. The quantitative estimate of drug-likeness (QED) is 0.746. The number of amides is 2. The van der Waals surface area contributed by atoms with E-state index in [4.69, 9.17) is 0 Å². The van der Waals surface area contributed by atoms with Crippen molar-refractivity contribution in [2.45, 2.75) is 46.1 Å². The van der Waals surface area contributed by atoms with E-state index in [9.17, 15) is 9.90 Å². The summed E-state index contributed by atoms with van der Waals surface area (Å²) < 4.78 is 0. The Bertz CT molecular complexity index is 299. The van der Waals surface area contributed by atoms with Crippen LogP contribution in [0.25, 0.3) is 0 Å². The predicted octanol–water partition coefficient (Wildman–Crippen LogP) is 1.52. The normalized spacial score (nSPS) is 18.1. The second-order valence-corrected chi connectivity index (χ2v) is 6.85. The van der Waals surface area contributed by atoms with Crippen LogP contribution in [0, 0.1) is 5.41 Å². The van der Waals surface area contributed by atoms with E-state index < -0.39 is 0 Å². The summed E-state index contributed by atoms with van der Waals surface area (Å²) >= 11 is 0. The second kappa shape index (κ2) is 7.84. The molecule has 1 aliphatic rings. The zero-order valence-electron chi connectivity index (χ0n) is 13.5. The summed E-state index contributed by atoms with van der Waals surface area (Å²) in [6.07, 6.45) is 2.91. The number of hydrogen-bond acceptors (Lipinski definition) is 3. The number of aliphatic hydroxyl groups is 1. The maximum atomic E-state index is 12.0. The number of likely N-dealkylation sites (tertiary alicyclic amines) is 1. The predicted molar refractivity (Wildman–Crippen MR) is 81.8 cm³/mol. The fourth-order valence-corrected chi connectivity index (χ4v) is 2.72. The van der Waals surface area contributed by atoms with E-state index in [1.807, 2.05) is 7.05 Å². The van der Waals surface area contributed by atoms with Gasteiger partial charge in [0.05, 0.1) is 6.10 Å². The first kappa shape index (κ1) is 17.2. The lowest BCUT2D eigenvalue weighted by Crippen LogP contribution is -2.44. The summed E-state index contributed by atoms with van der Waals surface area (Å²) in [7, 11) is 1.84. The van der Waals surface area contributed by atoms with Crippen LogP contribution in [-0.4, -0.2) is 66.8 Å². The second-order valence-electron chi connectivity index (χ2n) is 6.85. The van der Waals surface area contributed by atoms with Gasteiger partial charge >= 0.3 is 6.03 Å². The number of rotatable bonds is 7. The molecule has 1 rings (SSSR count). The minimum Gasteiger partial charge on any atom is -0.393 e. The third-order valence-electron chi connectivity index (χ3n) is 3.86. The van der Waals surface area contributed by atoms with Crippen molar-refractivity contribution in [1.29, 1.82) is 0 Å². The van der Waals surface area contributed by atoms with Gasteiger partial charge in [0.15, 0.2) is 0 Å². The number of aliphatic hydroxyl groups excluding tert-OH is 1. The van der Waals surface area contributed by atoms with Gasteiger partial charge in [0.2, 0.25) is 0 Å². The smallest absolute Gasteiger partial charge is 0.317 e. The summed E-state index contributed by atoms with van der Waals surface area (Å²) in [5.74, 6) is 0. The zero-order chi connectivity index (χ0) is 15.2. The van der Waals surface area contributed by atoms with Gasteiger partial charge in [0.25, 0.3) is 0 Å². The van der Waals surface area contributed by atoms with E-state index in [1.165, 1.54) is 12.8 Å². The summed E-state index contributed by atoms with van der Waals surface area (Å²) in [6.45, 7) is 10.5. The fourth-order valence-electron chi connectivity index (χ4n) is 2.72. The van der Waals surface area contributed by atoms with Crippen LogP contribution in [0.3, 0.4) is 0 Å². The summed E-state index contributed by atoms with van der Waals surface area (Å²) in [5, 5.41) is 12.4. The number of nitrogens with zero attached hydrogens (tertiary/aromatic N) is 2. The molecule has 0 aromatic heterocycles. The highest BCUT2D eigenvalue weighted by Gasteiger charge is 2.22. The van der Waals surface area contributed by atoms with E-state index in [2.05, 4.69) is 24.1 Å². The Labute approximate surface area is 123 Å². The Hall–Kier alpha value is -0.810. The highest BCUT2D eigenvalue weighted by atomic mass is 16.3. The van der Waals surface area contributed by atoms with Crippen molar-refractivity contribution in [3.8, 4) is 0 Å². The zero-order valence-corrected chi connectivity index (χ0v) is 13.5. The average Bonchev–Trinajstić information content (AvgIpc) is 2.84. The molecular weight excluding hydrogens is 254 g/mol. The third kappa shape index (κ3) is 6.57. The molecule has 1 fully saturated rings. The molecule has 0 saturated carbocycles. The lowest BCUT2D eigenvalue weighted by atomic mass is 9.87. The molecule has 118 valence electrons. The number of nitrogens with one attached hydrogen (secondary N) is 1.